The van der Waals surface area contributed by atoms with Crippen LogP contribution in [-0.4, -0.2) is 62.0 Å². The third-order valence-electron chi connectivity index (χ3n) is 6.30. The van der Waals surface area contributed by atoms with Crippen molar-refractivity contribution >= 4 is 28.3 Å². The molecule has 1 aromatic carbocycles. The molecule has 28 heavy (non-hydrogen) atoms. The summed E-state index contributed by atoms with van der Waals surface area (Å²) in [6.07, 6.45) is 2.96. The molecule has 2 N–H and O–H groups in total. The van der Waals surface area contributed by atoms with E-state index in [1.54, 1.807) is 11.2 Å². The van der Waals surface area contributed by atoms with E-state index in [0.29, 0.717) is 38.4 Å². The predicted molar refractivity (Wildman–Crippen MR) is 114 cm³/mol. The lowest BCUT2D eigenvalue weighted by Gasteiger charge is -2.44. The highest BCUT2D eigenvalue weighted by atomic mass is 35.5. The molecule has 2 saturated heterocycles. The largest absolute Gasteiger partial charge is 0.342 e. The Bertz CT molecular complexity index is 741. The maximum atomic E-state index is 13.6. The van der Waals surface area contributed by atoms with E-state index in [2.05, 4.69) is 0 Å². The number of hydrogen-bond donors (Lipinski definition) is 1. The van der Waals surface area contributed by atoms with Crippen LogP contribution >= 0.6 is 12.4 Å². The van der Waals surface area contributed by atoms with E-state index < -0.39 is 15.4 Å². The molecule has 0 bridgehead atoms. The van der Waals surface area contributed by atoms with Crippen molar-refractivity contribution in [3.63, 3.8) is 0 Å². The molecule has 2 fully saturated rings. The Kier molecular flexibility index (Phi) is 7.90. The molecule has 0 radical (unpaired) electrons. The van der Waals surface area contributed by atoms with E-state index in [4.69, 9.17) is 5.73 Å². The molecule has 2 heterocycles. The van der Waals surface area contributed by atoms with Gasteiger partial charge in [0.25, 0.3) is 0 Å². The zero-order chi connectivity index (χ0) is 19.5. The zero-order valence-corrected chi connectivity index (χ0v) is 18.2. The van der Waals surface area contributed by atoms with Crippen LogP contribution < -0.4 is 5.73 Å². The number of benzene rings is 1. The number of halogens is 1. The number of nitrogens with two attached hydrogens (primary N) is 1. The summed E-state index contributed by atoms with van der Waals surface area (Å²) in [7, 11) is -3.22. The summed E-state index contributed by atoms with van der Waals surface area (Å²) < 4.78 is 26.1. The second-order valence-electron chi connectivity index (χ2n) is 7.72. The normalized spacial score (nSPS) is 21.1. The Morgan fingerprint density at radius 3 is 2.18 bits per heavy atom. The van der Waals surface area contributed by atoms with E-state index >= 15 is 0 Å². The molecule has 0 aliphatic carbocycles. The number of carbonyl (C=O) groups excluding carboxylic acids is 1. The van der Waals surface area contributed by atoms with Gasteiger partial charge in [0.15, 0.2) is 0 Å². The average Bonchev–Trinajstić information content (AvgIpc) is 2.74. The van der Waals surface area contributed by atoms with Crippen LogP contribution in [0.3, 0.4) is 0 Å². The number of likely N-dealkylation sites (tertiary alicyclic amines) is 1. The molecule has 3 rings (SSSR count). The van der Waals surface area contributed by atoms with Crippen molar-refractivity contribution in [2.75, 3.05) is 38.5 Å². The Labute approximate surface area is 174 Å². The molecule has 6 nitrogen and oxygen atoms in total. The number of amides is 1. The summed E-state index contributed by atoms with van der Waals surface area (Å²) in [4.78, 5) is 15.6. The minimum Gasteiger partial charge on any atom is -0.342 e. The zero-order valence-electron chi connectivity index (χ0n) is 16.5. The van der Waals surface area contributed by atoms with Crippen molar-refractivity contribution in [1.29, 1.82) is 0 Å². The van der Waals surface area contributed by atoms with Crippen molar-refractivity contribution in [3.8, 4) is 0 Å². The van der Waals surface area contributed by atoms with Gasteiger partial charge in [0.2, 0.25) is 15.9 Å². The van der Waals surface area contributed by atoms with Crippen LogP contribution in [0.15, 0.2) is 30.3 Å². The summed E-state index contributed by atoms with van der Waals surface area (Å²) in [5, 5.41) is 0. The second-order valence-corrected chi connectivity index (χ2v) is 9.98. The van der Waals surface area contributed by atoms with E-state index in [1.807, 2.05) is 35.2 Å². The van der Waals surface area contributed by atoms with Crippen LogP contribution in [0.4, 0.5) is 0 Å². The molecule has 1 aromatic rings. The van der Waals surface area contributed by atoms with E-state index in [-0.39, 0.29) is 24.1 Å². The lowest BCUT2D eigenvalue weighted by molar-refractivity contribution is -0.140. The quantitative estimate of drug-likeness (QED) is 0.775. The van der Waals surface area contributed by atoms with Crippen LogP contribution in [0, 0.1) is 5.92 Å². The number of nitrogens with zero attached hydrogens (tertiary/aromatic N) is 2. The van der Waals surface area contributed by atoms with Crippen LogP contribution in [0.2, 0.25) is 0 Å². The number of piperidine rings is 2. The second kappa shape index (κ2) is 9.57. The van der Waals surface area contributed by atoms with Gasteiger partial charge < -0.3 is 10.6 Å². The summed E-state index contributed by atoms with van der Waals surface area (Å²) in [6.45, 7) is 4.63. The number of rotatable bonds is 5. The first-order valence-corrected chi connectivity index (χ1v) is 11.6. The molecule has 0 spiro atoms. The first-order valence-electron chi connectivity index (χ1n) is 9.96. The first-order chi connectivity index (χ1) is 12.9. The minimum absolute atomic E-state index is 0. The van der Waals surface area contributed by atoms with Crippen molar-refractivity contribution in [3.05, 3.63) is 35.9 Å². The summed E-state index contributed by atoms with van der Waals surface area (Å²) >= 11 is 0. The molecule has 0 saturated carbocycles. The highest BCUT2D eigenvalue weighted by molar-refractivity contribution is 7.89. The van der Waals surface area contributed by atoms with Gasteiger partial charge in [-0.05, 0) is 50.6 Å². The third-order valence-corrected chi connectivity index (χ3v) is 8.19. The Balaban J connectivity index is 0.00000280. The van der Waals surface area contributed by atoms with Crippen LogP contribution in [-0.2, 0) is 20.2 Å². The van der Waals surface area contributed by atoms with Gasteiger partial charge in [0, 0.05) is 26.2 Å². The molecule has 0 atom stereocenters. The standard InChI is InChI=1S/C20H31N3O3S.ClH/c1-2-27(25,26)23-14-10-20(11-15-23,18-6-4-3-5-7-18)19(24)22-12-8-17(16-21)9-13-22;/h3-7,17H,2,8-16,21H2,1H3;1H. The first kappa shape index (κ1) is 23.1. The van der Waals surface area contributed by atoms with Gasteiger partial charge in [-0.25, -0.2) is 12.7 Å². The summed E-state index contributed by atoms with van der Waals surface area (Å²) in [5.74, 6) is 0.752. The fourth-order valence-corrected chi connectivity index (χ4v) is 5.49. The van der Waals surface area contributed by atoms with Gasteiger partial charge >= 0.3 is 0 Å². The van der Waals surface area contributed by atoms with Gasteiger partial charge in [-0.3, -0.25) is 4.79 Å². The fourth-order valence-electron chi connectivity index (χ4n) is 4.39. The molecule has 0 aromatic heterocycles. The lowest BCUT2D eigenvalue weighted by atomic mass is 9.71. The fraction of sp³-hybridized carbons (Fsp3) is 0.650. The van der Waals surface area contributed by atoms with E-state index in [1.165, 1.54) is 0 Å². The van der Waals surface area contributed by atoms with Gasteiger partial charge in [0.1, 0.15) is 0 Å². The molecule has 8 heteroatoms. The number of carbonyl (C=O) groups is 1. The van der Waals surface area contributed by atoms with Gasteiger partial charge in [0.05, 0.1) is 11.2 Å². The third kappa shape index (κ3) is 4.53. The van der Waals surface area contributed by atoms with Gasteiger partial charge in [-0.15, -0.1) is 12.4 Å². The molecular formula is C20H32ClN3O3S. The number of sulfonamides is 1. The van der Waals surface area contributed by atoms with E-state index in [9.17, 15) is 13.2 Å². The highest BCUT2D eigenvalue weighted by Gasteiger charge is 2.46. The van der Waals surface area contributed by atoms with Crippen LogP contribution in [0.1, 0.15) is 38.2 Å². The monoisotopic (exact) mass is 429 g/mol. The Hall–Kier alpha value is -1.15. The minimum atomic E-state index is -3.22. The predicted octanol–water partition coefficient (Wildman–Crippen LogP) is 1.99. The average molecular weight is 430 g/mol. The van der Waals surface area contributed by atoms with Crippen molar-refractivity contribution in [1.82, 2.24) is 9.21 Å². The Morgan fingerprint density at radius 2 is 1.68 bits per heavy atom. The number of hydrogen-bond acceptors (Lipinski definition) is 4. The SMILES string of the molecule is CCS(=O)(=O)N1CCC(C(=O)N2CCC(CN)CC2)(c2ccccc2)CC1.Cl. The molecule has 2 aliphatic heterocycles. The summed E-state index contributed by atoms with van der Waals surface area (Å²) in [6, 6.07) is 9.88. The highest BCUT2D eigenvalue weighted by Crippen LogP contribution is 2.39. The van der Waals surface area contributed by atoms with Crippen LogP contribution in [0.5, 0.6) is 0 Å². The summed E-state index contributed by atoms with van der Waals surface area (Å²) in [5.41, 5.74) is 6.16. The van der Waals surface area contributed by atoms with Gasteiger partial charge in [-0.2, -0.15) is 0 Å². The molecule has 0 unspecified atom stereocenters. The van der Waals surface area contributed by atoms with Gasteiger partial charge in [-0.1, -0.05) is 30.3 Å². The lowest BCUT2D eigenvalue weighted by Crippen LogP contribution is -2.55. The van der Waals surface area contributed by atoms with Crippen molar-refractivity contribution in [2.45, 2.75) is 38.0 Å². The van der Waals surface area contributed by atoms with Crippen molar-refractivity contribution < 1.29 is 13.2 Å². The molecule has 1 amide bonds. The topological polar surface area (TPSA) is 83.7 Å². The maximum Gasteiger partial charge on any atom is 0.233 e. The van der Waals surface area contributed by atoms with E-state index in [0.717, 1.165) is 31.5 Å². The molecular weight excluding hydrogens is 398 g/mol. The maximum absolute atomic E-state index is 13.6. The Morgan fingerprint density at radius 1 is 1.11 bits per heavy atom. The molecule has 2 aliphatic rings. The molecule has 158 valence electrons. The van der Waals surface area contributed by atoms with Crippen molar-refractivity contribution in [2.24, 2.45) is 11.7 Å². The van der Waals surface area contributed by atoms with Crippen LogP contribution in [0.25, 0.3) is 0 Å². The smallest absolute Gasteiger partial charge is 0.233 e.